The van der Waals surface area contributed by atoms with Crippen LogP contribution in [0.5, 0.6) is 0 Å². The lowest BCUT2D eigenvalue weighted by atomic mass is 9.97. The summed E-state index contributed by atoms with van der Waals surface area (Å²) in [7, 11) is 0. The van der Waals surface area contributed by atoms with Crippen LogP contribution in [0.15, 0.2) is 24.5 Å². The highest BCUT2D eigenvalue weighted by Crippen LogP contribution is 2.17. The molecule has 1 aliphatic heterocycles. The van der Waals surface area contributed by atoms with Gasteiger partial charge in [-0.05, 0) is 43.4 Å². The van der Waals surface area contributed by atoms with Gasteiger partial charge in [0.1, 0.15) is 0 Å². The van der Waals surface area contributed by atoms with Crippen molar-refractivity contribution in [2.45, 2.75) is 45.6 Å². The maximum atomic E-state index is 12.3. The molecule has 4 nitrogen and oxygen atoms in total. The quantitative estimate of drug-likeness (QED) is 0.873. The van der Waals surface area contributed by atoms with Crippen molar-refractivity contribution in [3.63, 3.8) is 0 Å². The lowest BCUT2D eigenvalue weighted by Crippen LogP contribution is -2.43. The fourth-order valence-corrected chi connectivity index (χ4v) is 2.82. The van der Waals surface area contributed by atoms with Gasteiger partial charge in [-0.2, -0.15) is 0 Å². The van der Waals surface area contributed by atoms with Crippen molar-refractivity contribution in [3.8, 4) is 0 Å². The molecule has 0 aliphatic carbocycles. The minimum Gasteiger partial charge on any atom is -0.342 e. The first-order valence-corrected chi connectivity index (χ1v) is 8.05. The lowest BCUT2D eigenvalue weighted by Gasteiger charge is -2.33. The van der Waals surface area contributed by atoms with E-state index in [4.69, 9.17) is 0 Å². The number of nitrogens with zero attached hydrogens (tertiary/aromatic N) is 2. The van der Waals surface area contributed by atoms with Gasteiger partial charge < -0.3 is 10.2 Å². The molecule has 0 spiro atoms. The molecule has 4 heteroatoms. The molecule has 0 bridgehead atoms. The Balaban J connectivity index is 1.76. The molecule has 1 aromatic heterocycles. The van der Waals surface area contributed by atoms with Gasteiger partial charge in [-0.15, -0.1) is 0 Å². The first-order chi connectivity index (χ1) is 10.1. The molecular weight excluding hydrogens is 262 g/mol. The van der Waals surface area contributed by atoms with Gasteiger partial charge >= 0.3 is 0 Å². The summed E-state index contributed by atoms with van der Waals surface area (Å²) in [6.45, 7) is 7.18. The Morgan fingerprint density at radius 2 is 2.38 bits per heavy atom. The number of carbonyl (C=O) groups is 1. The predicted octanol–water partition coefficient (Wildman–Crippen LogP) is 2.25. The Bertz CT molecular complexity index is 433. The van der Waals surface area contributed by atoms with Gasteiger partial charge in [0.15, 0.2) is 0 Å². The van der Waals surface area contributed by atoms with Crippen LogP contribution in [0.25, 0.3) is 0 Å². The van der Waals surface area contributed by atoms with Gasteiger partial charge in [0, 0.05) is 37.9 Å². The maximum Gasteiger partial charge on any atom is 0.222 e. The SMILES string of the molecule is CC(C)NCC1CCCN(C(=O)CCc2cccnc2)C1. The molecule has 0 saturated carbocycles. The van der Waals surface area contributed by atoms with Crippen molar-refractivity contribution < 1.29 is 4.79 Å². The lowest BCUT2D eigenvalue weighted by molar-refractivity contribution is -0.132. The molecule has 1 amide bonds. The first-order valence-electron chi connectivity index (χ1n) is 8.05. The van der Waals surface area contributed by atoms with Crippen LogP contribution < -0.4 is 5.32 Å². The number of carbonyl (C=O) groups excluding carboxylic acids is 1. The molecule has 0 radical (unpaired) electrons. The van der Waals surface area contributed by atoms with Gasteiger partial charge in [-0.3, -0.25) is 9.78 Å². The van der Waals surface area contributed by atoms with E-state index in [0.29, 0.717) is 18.4 Å². The number of aryl methyl sites for hydroxylation is 1. The van der Waals surface area contributed by atoms with Crippen LogP contribution in [0.1, 0.15) is 38.7 Å². The van der Waals surface area contributed by atoms with Crippen LogP contribution in [-0.4, -0.2) is 41.5 Å². The molecule has 0 aromatic carbocycles. The number of pyridine rings is 1. The van der Waals surface area contributed by atoms with Crippen molar-refractivity contribution in [3.05, 3.63) is 30.1 Å². The molecular formula is C17H27N3O. The third-order valence-corrected chi connectivity index (χ3v) is 4.04. The van der Waals surface area contributed by atoms with Gasteiger partial charge in [-0.1, -0.05) is 19.9 Å². The van der Waals surface area contributed by atoms with Crippen LogP contribution in [0.4, 0.5) is 0 Å². The Morgan fingerprint density at radius 3 is 3.10 bits per heavy atom. The summed E-state index contributed by atoms with van der Waals surface area (Å²) in [6.07, 6.45) is 7.35. The Hall–Kier alpha value is -1.42. The molecule has 1 aromatic rings. The second-order valence-corrected chi connectivity index (χ2v) is 6.27. The normalized spacial score (nSPS) is 19.0. The summed E-state index contributed by atoms with van der Waals surface area (Å²) in [5, 5.41) is 3.49. The number of hydrogen-bond donors (Lipinski definition) is 1. The number of piperidine rings is 1. The summed E-state index contributed by atoms with van der Waals surface area (Å²) in [4.78, 5) is 18.5. The van der Waals surface area contributed by atoms with Crippen LogP contribution in [0.3, 0.4) is 0 Å². The fourth-order valence-electron chi connectivity index (χ4n) is 2.82. The van der Waals surface area contributed by atoms with E-state index in [1.807, 2.05) is 23.2 Å². The highest BCUT2D eigenvalue weighted by atomic mass is 16.2. The summed E-state index contributed by atoms with van der Waals surface area (Å²) < 4.78 is 0. The van der Waals surface area contributed by atoms with Gasteiger partial charge in [0.05, 0.1) is 0 Å². The number of aromatic nitrogens is 1. The van der Waals surface area contributed by atoms with Crippen molar-refractivity contribution in [1.82, 2.24) is 15.2 Å². The van der Waals surface area contributed by atoms with E-state index in [2.05, 4.69) is 24.1 Å². The van der Waals surface area contributed by atoms with Crippen LogP contribution in [0, 0.1) is 5.92 Å². The molecule has 1 atom stereocenters. The van der Waals surface area contributed by atoms with Gasteiger partial charge in [-0.25, -0.2) is 0 Å². The zero-order chi connectivity index (χ0) is 15.1. The fraction of sp³-hybridized carbons (Fsp3) is 0.647. The Labute approximate surface area is 127 Å². The van der Waals surface area contributed by atoms with E-state index in [1.54, 1.807) is 6.20 Å². The van der Waals surface area contributed by atoms with E-state index < -0.39 is 0 Å². The molecule has 1 unspecified atom stereocenters. The number of likely N-dealkylation sites (tertiary alicyclic amines) is 1. The average Bonchev–Trinajstić information content (AvgIpc) is 2.52. The predicted molar refractivity (Wildman–Crippen MR) is 85.0 cm³/mol. The van der Waals surface area contributed by atoms with Crippen molar-refractivity contribution >= 4 is 5.91 Å². The first kappa shape index (κ1) is 16.0. The van der Waals surface area contributed by atoms with Crippen LogP contribution in [0.2, 0.25) is 0 Å². The molecule has 1 aliphatic rings. The number of rotatable bonds is 6. The summed E-state index contributed by atoms with van der Waals surface area (Å²) >= 11 is 0. The summed E-state index contributed by atoms with van der Waals surface area (Å²) in [6, 6.07) is 4.47. The molecule has 1 fully saturated rings. The smallest absolute Gasteiger partial charge is 0.222 e. The van der Waals surface area contributed by atoms with Crippen LogP contribution >= 0.6 is 0 Å². The highest BCUT2D eigenvalue weighted by molar-refractivity contribution is 5.76. The molecule has 1 N–H and O–H groups in total. The highest BCUT2D eigenvalue weighted by Gasteiger charge is 2.23. The maximum absolute atomic E-state index is 12.3. The zero-order valence-electron chi connectivity index (χ0n) is 13.2. The zero-order valence-corrected chi connectivity index (χ0v) is 13.2. The summed E-state index contributed by atoms with van der Waals surface area (Å²) in [5.41, 5.74) is 1.14. The topological polar surface area (TPSA) is 45.2 Å². The molecule has 21 heavy (non-hydrogen) atoms. The minimum atomic E-state index is 0.285. The van der Waals surface area contributed by atoms with E-state index in [-0.39, 0.29) is 5.91 Å². The molecule has 116 valence electrons. The minimum absolute atomic E-state index is 0.285. The van der Waals surface area contributed by atoms with Crippen molar-refractivity contribution in [2.75, 3.05) is 19.6 Å². The third kappa shape index (κ3) is 5.46. The van der Waals surface area contributed by atoms with E-state index in [0.717, 1.165) is 38.0 Å². The number of amides is 1. The third-order valence-electron chi connectivity index (χ3n) is 4.04. The second-order valence-electron chi connectivity index (χ2n) is 6.27. The second kappa shape index (κ2) is 8.13. The average molecular weight is 289 g/mol. The van der Waals surface area contributed by atoms with Gasteiger partial charge in [0.25, 0.3) is 0 Å². The Morgan fingerprint density at radius 1 is 1.52 bits per heavy atom. The number of nitrogens with one attached hydrogen (secondary N) is 1. The molecule has 2 heterocycles. The van der Waals surface area contributed by atoms with E-state index >= 15 is 0 Å². The van der Waals surface area contributed by atoms with E-state index in [1.165, 1.54) is 6.42 Å². The Kier molecular flexibility index (Phi) is 6.18. The molecule has 2 rings (SSSR count). The van der Waals surface area contributed by atoms with E-state index in [9.17, 15) is 4.79 Å². The van der Waals surface area contributed by atoms with Crippen molar-refractivity contribution in [1.29, 1.82) is 0 Å². The van der Waals surface area contributed by atoms with Gasteiger partial charge in [0.2, 0.25) is 5.91 Å². The monoisotopic (exact) mass is 289 g/mol. The van der Waals surface area contributed by atoms with Crippen LogP contribution in [-0.2, 0) is 11.2 Å². The van der Waals surface area contributed by atoms with Crippen molar-refractivity contribution in [2.24, 2.45) is 5.92 Å². The molecule has 1 saturated heterocycles. The largest absolute Gasteiger partial charge is 0.342 e. The standard InChI is InChI=1S/C17H27N3O/c1-14(2)19-12-16-6-4-10-20(13-16)17(21)8-7-15-5-3-9-18-11-15/h3,5,9,11,14,16,19H,4,6-8,10,12-13H2,1-2H3. The summed E-state index contributed by atoms with van der Waals surface area (Å²) in [5.74, 6) is 0.886. The number of hydrogen-bond acceptors (Lipinski definition) is 3.